The Morgan fingerprint density at radius 1 is 1.11 bits per heavy atom. The van der Waals surface area contributed by atoms with Crippen LogP contribution in [0.2, 0.25) is 0 Å². The third-order valence-corrected chi connectivity index (χ3v) is 6.10. The molecule has 1 amide bonds. The highest BCUT2D eigenvalue weighted by Crippen LogP contribution is 2.24. The van der Waals surface area contributed by atoms with E-state index in [2.05, 4.69) is 5.32 Å². The van der Waals surface area contributed by atoms with Crippen LogP contribution >= 0.6 is 0 Å². The van der Waals surface area contributed by atoms with Gasteiger partial charge in [0.05, 0.1) is 17.5 Å². The SMILES string of the molecule is CC(C)Oc1cccc(NC(=O)c2ccc(N3CCCCS3(=O)=O)cc2)c1. The number of carbonyl (C=O) groups is 1. The zero-order chi connectivity index (χ0) is 19.4. The molecular weight excluding hydrogens is 364 g/mol. The Bertz CT molecular complexity index is 908. The van der Waals surface area contributed by atoms with Crippen molar-refractivity contribution in [3.63, 3.8) is 0 Å². The van der Waals surface area contributed by atoms with E-state index in [0.29, 0.717) is 35.7 Å². The Morgan fingerprint density at radius 2 is 1.85 bits per heavy atom. The molecule has 0 spiro atoms. The average molecular weight is 388 g/mol. The molecule has 3 rings (SSSR count). The molecule has 0 aliphatic carbocycles. The van der Waals surface area contributed by atoms with E-state index in [0.717, 1.165) is 6.42 Å². The molecule has 0 bridgehead atoms. The van der Waals surface area contributed by atoms with Crippen LogP contribution in [0, 0.1) is 0 Å². The summed E-state index contributed by atoms with van der Waals surface area (Å²) in [6, 6.07) is 13.9. The van der Waals surface area contributed by atoms with Gasteiger partial charge in [-0.2, -0.15) is 0 Å². The number of amides is 1. The van der Waals surface area contributed by atoms with Gasteiger partial charge in [0, 0.05) is 23.9 Å². The van der Waals surface area contributed by atoms with Gasteiger partial charge in [-0.1, -0.05) is 6.07 Å². The van der Waals surface area contributed by atoms with E-state index >= 15 is 0 Å². The molecule has 0 saturated carbocycles. The van der Waals surface area contributed by atoms with Crippen molar-refractivity contribution in [3.05, 3.63) is 54.1 Å². The van der Waals surface area contributed by atoms with Crippen LogP contribution in [-0.2, 0) is 10.0 Å². The highest BCUT2D eigenvalue weighted by Gasteiger charge is 2.26. The zero-order valence-corrected chi connectivity index (χ0v) is 16.3. The normalized spacial score (nSPS) is 16.2. The van der Waals surface area contributed by atoms with Gasteiger partial charge in [-0.05, 0) is 63.1 Å². The standard InChI is InChI=1S/C20H24N2O4S/c1-15(2)26-19-7-5-6-17(14-19)21-20(23)16-8-10-18(11-9-16)22-12-3-4-13-27(22,24)25/h5-11,14-15H,3-4,12-13H2,1-2H3,(H,21,23). The van der Waals surface area contributed by atoms with E-state index in [1.807, 2.05) is 26.0 Å². The molecule has 1 aliphatic rings. The third kappa shape index (κ3) is 4.80. The van der Waals surface area contributed by atoms with E-state index in [-0.39, 0.29) is 17.8 Å². The molecule has 2 aromatic rings. The number of carbonyl (C=O) groups excluding carboxylic acids is 1. The summed E-state index contributed by atoms with van der Waals surface area (Å²) in [6.07, 6.45) is 1.59. The summed E-state index contributed by atoms with van der Waals surface area (Å²) >= 11 is 0. The number of rotatable bonds is 5. The van der Waals surface area contributed by atoms with Crippen LogP contribution in [-0.4, -0.2) is 32.7 Å². The summed E-state index contributed by atoms with van der Waals surface area (Å²) in [5.41, 5.74) is 1.70. The lowest BCUT2D eigenvalue weighted by molar-refractivity contribution is 0.102. The number of benzene rings is 2. The van der Waals surface area contributed by atoms with Crippen molar-refractivity contribution in [2.45, 2.75) is 32.8 Å². The molecule has 0 atom stereocenters. The summed E-state index contributed by atoms with van der Waals surface area (Å²) in [6.45, 7) is 4.36. The number of ether oxygens (including phenoxy) is 1. The number of sulfonamides is 1. The van der Waals surface area contributed by atoms with Crippen LogP contribution in [0.1, 0.15) is 37.0 Å². The van der Waals surface area contributed by atoms with Crippen molar-refractivity contribution in [1.82, 2.24) is 0 Å². The molecule has 1 aliphatic heterocycles. The van der Waals surface area contributed by atoms with Crippen molar-refractivity contribution in [3.8, 4) is 5.75 Å². The molecule has 2 aromatic carbocycles. The minimum atomic E-state index is -3.25. The highest BCUT2D eigenvalue weighted by atomic mass is 32.2. The van der Waals surface area contributed by atoms with E-state index in [4.69, 9.17) is 4.74 Å². The van der Waals surface area contributed by atoms with Crippen molar-refractivity contribution < 1.29 is 17.9 Å². The van der Waals surface area contributed by atoms with Gasteiger partial charge in [0.1, 0.15) is 5.75 Å². The van der Waals surface area contributed by atoms with Gasteiger partial charge in [0.25, 0.3) is 5.91 Å². The maximum atomic E-state index is 12.5. The van der Waals surface area contributed by atoms with E-state index in [1.165, 1.54) is 4.31 Å². The minimum Gasteiger partial charge on any atom is -0.491 e. The first-order valence-corrected chi connectivity index (χ1v) is 10.6. The second-order valence-corrected chi connectivity index (χ2v) is 8.80. The summed E-state index contributed by atoms with van der Waals surface area (Å²) in [7, 11) is -3.25. The Balaban J connectivity index is 1.71. The molecule has 1 fully saturated rings. The van der Waals surface area contributed by atoms with Gasteiger partial charge in [-0.25, -0.2) is 8.42 Å². The molecule has 144 valence electrons. The highest BCUT2D eigenvalue weighted by molar-refractivity contribution is 7.92. The second-order valence-electron chi connectivity index (χ2n) is 6.79. The number of hydrogen-bond donors (Lipinski definition) is 1. The molecule has 1 heterocycles. The molecule has 27 heavy (non-hydrogen) atoms. The third-order valence-electron chi connectivity index (χ3n) is 4.23. The molecule has 0 aromatic heterocycles. The smallest absolute Gasteiger partial charge is 0.255 e. The van der Waals surface area contributed by atoms with Gasteiger partial charge in [0.2, 0.25) is 10.0 Å². The second kappa shape index (κ2) is 8.00. The van der Waals surface area contributed by atoms with Gasteiger partial charge >= 0.3 is 0 Å². The molecule has 7 heteroatoms. The topological polar surface area (TPSA) is 75.7 Å². The molecular formula is C20H24N2O4S. The molecule has 1 saturated heterocycles. The van der Waals surface area contributed by atoms with E-state index < -0.39 is 10.0 Å². The Kier molecular flexibility index (Phi) is 5.70. The lowest BCUT2D eigenvalue weighted by Gasteiger charge is -2.28. The van der Waals surface area contributed by atoms with Crippen molar-refractivity contribution in [2.75, 3.05) is 21.9 Å². The molecule has 0 radical (unpaired) electrons. The fraction of sp³-hybridized carbons (Fsp3) is 0.350. The Labute approximate surface area is 160 Å². The Morgan fingerprint density at radius 3 is 2.52 bits per heavy atom. The van der Waals surface area contributed by atoms with Gasteiger partial charge in [0.15, 0.2) is 0 Å². The number of nitrogens with one attached hydrogen (secondary N) is 1. The van der Waals surface area contributed by atoms with Crippen LogP contribution < -0.4 is 14.4 Å². The fourth-order valence-corrected chi connectivity index (χ4v) is 4.62. The quantitative estimate of drug-likeness (QED) is 0.848. The molecule has 1 N–H and O–H groups in total. The van der Waals surface area contributed by atoms with Crippen LogP contribution in [0.5, 0.6) is 5.75 Å². The number of hydrogen-bond acceptors (Lipinski definition) is 4. The predicted octanol–water partition coefficient (Wildman–Crippen LogP) is 3.66. The lowest BCUT2D eigenvalue weighted by atomic mass is 10.2. The van der Waals surface area contributed by atoms with Crippen LogP contribution in [0.3, 0.4) is 0 Å². The van der Waals surface area contributed by atoms with Gasteiger partial charge in [-0.3, -0.25) is 9.10 Å². The average Bonchev–Trinajstić information content (AvgIpc) is 2.61. The monoisotopic (exact) mass is 388 g/mol. The number of nitrogens with zero attached hydrogens (tertiary/aromatic N) is 1. The van der Waals surface area contributed by atoms with Crippen LogP contribution in [0.4, 0.5) is 11.4 Å². The summed E-state index contributed by atoms with van der Waals surface area (Å²) in [5, 5.41) is 2.84. The molecule has 0 unspecified atom stereocenters. The first-order chi connectivity index (χ1) is 12.8. The lowest BCUT2D eigenvalue weighted by Crippen LogP contribution is -2.37. The fourth-order valence-electron chi connectivity index (χ4n) is 2.98. The predicted molar refractivity (Wildman–Crippen MR) is 107 cm³/mol. The maximum absolute atomic E-state index is 12.5. The van der Waals surface area contributed by atoms with Gasteiger partial charge < -0.3 is 10.1 Å². The minimum absolute atomic E-state index is 0.0505. The van der Waals surface area contributed by atoms with E-state index in [9.17, 15) is 13.2 Å². The van der Waals surface area contributed by atoms with Crippen molar-refractivity contribution in [2.24, 2.45) is 0 Å². The largest absolute Gasteiger partial charge is 0.491 e. The van der Waals surface area contributed by atoms with Crippen molar-refractivity contribution >= 4 is 27.3 Å². The Hall–Kier alpha value is -2.54. The summed E-state index contributed by atoms with van der Waals surface area (Å²) in [5.74, 6) is 0.600. The van der Waals surface area contributed by atoms with Crippen molar-refractivity contribution in [1.29, 1.82) is 0 Å². The maximum Gasteiger partial charge on any atom is 0.255 e. The number of anilines is 2. The summed E-state index contributed by atoms with van der Waals surface area (Å²) in [4.78, 5) is 12.5. The van der Waals surface area contributed by atoms with E-state index in [1.54, 1.807) is 36.4 Å². The molecule has 6 nitrogen and oxygen atoms in total. The van der Waals surface area contributed by atoms with Crippen LogP contribution in [0.25, 0.3) is 0 Å². The van der Waals surface area contributed by atoms with Gasteiger partial charge in [-0.15, -0.1) is 0 Å². The van der Waals surface area contributed by atoms with Crippen LogP contribution in [0.15, 0.2) is 48.5 Å². The zero-order valence-electron chi connectivity index (χ0n) is 15.5. The first kappa shape index (κ1) is 19.2. The first-order valence-electron chi connectivity index (χ1n) is 9.04. The summed E-state index contributed by atoms with van der Waals surface area (Å²) < 4.78 is 31.4.